The first-order valence-electron chi connectivity index (χ1n) is 8.15. The number of carbonyl (C=O) groups is 2. The maximum absolute atomic E-state index is 12.3. The number of amides is 1. The third-order valence-corrected chi connectivity index (χ3v) is 4.48. The molecule has 1 fully saturated rings. The van der Waals surface area contributed by atoms with Crippen LogP contribution in [0.4, 0.5) is 0 Å². The van der Waals surface area contributed by atoms with E-state index in [4.69, 9.17) is 9.47 Å². The molecule has 1 aliphatic rings. The quantitative estimate of drug-likeness (QED) is 0.810. The number of hydrogen-bond acceptors (Lipinski definition) is 4. The van der Waals surface area contributed by atoms with Gasteiger partial charge in [-0.1, -0.05) is 36.4 Å². The van der Waals surface area contributed by atoms with E-state index in [0.29, 0.717) is 31.7 Å². The number of likely N-dealkylation sites (tertiary alicyclic amines) is 1. The number of ether oxygens (including phenoxy) is 2. The van der Waals surface area contributed by atoms with Crippen LogP contribution in [0, 0.1) is 5.92 Å². The largest absolute Gasteiger partial charge is 0.483 e. The van der Waals surface area contributed by atoms with Crippen molar-refractivity contribution in [2.45, 2.75) is 12.8 Å². The summed E-state index contributed by atoms with van der Waals surface area (Å²) in [5.41, 5.74) is 0. The van der Waals surface area contributed by atoms with Gasteiger partial charge in [0.1, 0.15) is 5.75 Å². The number of carbonyl (C=O) groups excluding carboxylic acids is 2. The highest BCUT2D eigenvalue weighted by Crippen LogP contribution is 2.25. The molecule has 2 aromatic rings. The Hall–Kier alpha value is -2.56. The number of methoxy groups -OCH3 is 1. The molecule has 0 atom stereocenters. The molecule has 3 rings (SSSR count). The predicted octanol–water partition coefficient (Wildman–Crippen LogP) is 2.63. The van der Waals surface area contributed by atoms with Crippen LogP contribution in [0.5, 0.6) is 5.75 Å². The highest BCUT2D eigenvalue weighted by molar-refractivity contribution is 5.88. The molecule has 5 nitrogen and oxygen atoms in total. The highest BCUT2D eigenvalue weighted by atomic mass is 16.5. The molecule has 0 saturated carbocycles. The zero-order chi connectivity index (χ0) is 16.9. The van der Waals surface area contributed by atoms with Crippen molar-refractivity contribution in [3.8, 4) is 5.75 Å². The van der Waals surface area contributed by atoms with Crippen LogP contribution < -0.4 is 4.74 Å². The van der Waals surface area contributed by atoms with Gasteiger partial charge in [0, 0.05) is 18.5 Å². The molecule has 5 heteroatoms. The van der Waals surface area contributed by atoms with Gasteiger partial charge in [-0.3, -0.25) is 9.59 Å². The Morgan fingerprint density at radius 1 is 1.08 bits per heavy atom. The molecule has 2 aromatic carbocycles. The summed E-state index contributed by atoms with van der Waals surface area (Å²) in [6.45, 7) is 1.14. The van der Waals surface area contributed by atoms with Gasteiger partial charge in [-0.25, -0.2) is 0 Å². The van der Waals surface area contributed by atoms with Crippen molar-refractivity contribution in [2.75, 3.05) is 26.8 Å². The van der Waals surface area contributed by atoms with Crippen LogP contribution >= 0.6 is 0 Å². The van der Waals surface area contributed by atoms with E-state index in [-0.39, 0.29) is 24.4 Å². The first-order valence-corrected chi connectivity index (χ1v) is 8.15. The molecule has 1 saturated heterocycles. The zero-order valence-corrected chi connectivity index (χ0v) is 13.7. The summed E-state index contributed by atoms with van der Waals surface area (Å²) in [7, 11) is 1.40. The fraction of sp³-hybridized carbons (Fsp3) is 0.368. The van der Waals surface area contributed by atoms with E-state index in [9.17, 15) is 9.59 Å². The van der Waals surface area contributed by atoms with E-state index in [2.05, 4.69) is 0 Å². The van der Waals surface area contributed by atoms with Gasteiger partial charge in [-0.2, -0.15) is 0 Å². The first kappa shape index (κ1) is 16.3. The molecular formula is C19H21NO4. The second-order valence-corrected chi connectivity index (χ2v) is 5.94. The van der Waals surface area contributed by atoms with Gasteiger partial charge in [0.15, 0.2) is 6.61 Å². The average Bonchev–Trinajstić information content (AvgIpc) is 2.65. The van der Waals surface area contributed by atoms with E-state index in [1.54, 1.807) is 4.90 Å². The fourth-order valence-electron chi connectivity index (χ4n) is 3.08. The van der Waals surface area contributed by atoms with Crippen molar-refractivity contribution in [1.29, 1.82) is 0 Å². The van der Waals surface area contributed by atoms with Crippen LogP contribution in [-0.2, 0) is 14.3 Å². The van der Waals surface area contributed by atoms with Gasteiger partial charge in [0.2, 0.25) is 0 Å². The Bertz CT molecular complexity index is 730. The van der Waals surface area contributed by atoms with Crippen molar-refractivity contribution in [3.63, 3.8) is 0 Å². The van der Waals surface area contributed by atoms with Crippen molar-refractivity contribution < 1.29 is 19.1 Å². The standard InChI is InChI=1S/C19H21NO4/c1-23-19(22)15-9-11-20(12-10-15)18(21)13-24-17-8-4-6-14-5-2-3-7-16(14)17/h2-8,15H,9-13H2,1H3. The second-order valence-electron chi connectivity index (χ2n) is 5.94. The third kappa shape index (κ3) is 3.50. The minimum atomic E-state index is -0.186. The second kappa shape index (κ2) is 7.34. The molecule has 0 aromatic heterocycles. The van der Waals surface area contributed by atoms with Gasteiger partial charge in [-0.05, 0) is 24.3 Å². The minimum Gasteiger partial charge on any atom is -0.483 e. The lowest BCUT2D eigenvalue weighted by molar-refractivity contribution is -0.149. The molecule has 0 N–H and O–H groups in total. The van der Waals surface area contributed by atoms with Crippen LogP contribution in [-0.4, -0.2) is 43.6 Å². The minimum absolute atomic E-state index is 0.0108. The number of rotatable bonds is 4. The number of piperidine rings is 1. The van der Waals surface area contributed by atoms with E-state index >= 15 is 0 Å². The number of hydrogen-bond donors (Lipinski definition) is 0. The zero-order valence-electron chi connectivity index (χ0n) is 13.7. The van der Waals surface area contributed by atoms with Crippen LogP contribution in [0.15, 0.2) is 42.5 Å². The smallest absolute Gasteiger partial charge is 0.308 e. The third-order valence-electron chi connectivity index (χ3n) is 4.48. The molecule has 0 bridgehead atoms. The van der Waals surface area contributed by atoms with Gasteiger partial charge in [0.05, 0.1) is 13.0 Å². The normalized spacial score (nSPS) is 15.3. The van der Waals surface area contributed by atoms with E-state index in [1.165, 1.54) is 7.11 Å². The maximum atomic E-state index is 12.3. The molecule has 1 aliphatic heterocycles. The summed E-state index contributed by atoms with van der Waals surface area (Å²) < 4.78 is 10.5. The molecule has 0 spiro atoms. The van der Waals surface area contributed by atoms with E-state index < -0.39 is 0 Å². The predicted molar refractivity (Wildman–Crippen MR) is 90.8 cm³/mol. The summed E-state index contributed by atoms with van der Waals surface area (Å²) in [5.74, 6) is 0.379. The van der Waals surface area contributed by atoms with Crippen LogP contribution in [0.25, 0.3) is 10.8 Å². The van der Waals surface area contributed by atoms with Gasteiger partial charge in [-0.15, -0.1) is 0 Å². The molecule has 126 valence electrons. The van der Waals surface area contributed by atoms with Crippen molar-refractivity contribution in [3.05, 3.63) is 42.5 Å². The molecule has 1 amide bonds. The average molecular weight is 327 g/mol. The number of esters is 1. The molecule has 1 heterocycles. The summed E-state index contributed by atoms with van der Waals surface area (Å²) in [5, 5.41) is 2.08. The molecule has 0 radical (unpaired) electrons. The SMILES string of the molecule is COC(=O)C1CCN(C(=O)COc2cccc3ccccc23)CC1. The first-order chi connectivity index (χ1) is 11.7. The van der Waals surface area contributed by atoms with Crippen molar-refractivity contribution in [1.82, 2.24) is 4.90 Å². The Morgan fingerprint density at radius 2 is 1.79 bits per heavy atom. The lowest BCUT2D eigenvalue weighted by atomic mass is 9.97. The lowest BCUT2D eigenvalue weighted by Crippen LogP contribution is -2.42. The fourth-order valence-corrected chi connectivity index (χ4v) is 3.08. The Labute approximate surface area is 141 Å². The van der Waals surface area contributed by atoms with Crippen LogP contribution in [0.3, 0.4) is 0 Å². The van der Waals surface area contributed by atoms with Crippen LogP contribution in [0.1, 0.15) is 12.8 Å². The highest BCUT2D eigenvalue weighted by Gasteiger charge is 2.27. The summed E-state index contributed by atoms with van der Waals surface area (Å²) in [6, 6.07) is 13.7. The van der Waals surface area contributed by atoms with E-state index in [1.807, 2.05) is 42.5 Å². The summed E-state index contributed by atoms with van der Waals surface area (Å²) in [4.78, 5) is 25.6. The monoisotopic (exact) mass is 327 g/mol. The van der Waals surface area contributed by atoms with E-state index in [0.717, 1.165) is 10.8 Å². The summed E-state index contributed by atoms with van der Waals surface area (Å²) >= 11 is 0. The molecule has 24 heavy (non-hydrogen) atoms. The summed E-state index contributed by atoms with van der Waals surface area (Å²) in [6.07, 6.45) is 1.29. The van der Waals surface area contributed by atoms with Crippen molar-refractivity contribution >= 4 is 22.6 Å². The Kier molecular flexibility index (Phi) is 4.99. The molecular weight excluding hydrogens is 306 g/mol. The van der Waals surface area contributed by atoms with Gasteiger partial charge in [0.25, 0.3) is 5.91 Å². The van der Waals surface area contributed by atoms with Crippen molar-refractivity contribution in [2.24, 2.45) is 5.92 Å². The topological polar surface area (TPSA) is 55.8 Å². The Morgan fingerprint density at radius 3 is 2.54 bits per heavy atom. The number of fused-ring (bicyclic) bond motifs is 1. The molecule has 0 aliphatic carbocycles. The number of nitrogens with zero attached hydrogens (tertiary/aromatic N) is 1. The van der Waals surface area contributed by atoms with Crippen LogP contribution in [0.2, 0.25) is 0 Å². The number of benzene rings is 2. The Balaban J connectivity index is 1.57. The maximum Gasteiger partial charge on any atom is 0.308 e. The molecule has 0 unspecified atom stereocenters. The van der Waals surface area contributed by atoms with Gasteiger partial charge >= 0.3 is 5.97 Å². The lowest BCUT2D eigenvalue weighted by Gasteiger charge is -2.30. The van der Waals surface area contributed by atoms with Gasteiger partial charge < -0.3 is 14.4 Å².